The number of nitrogens with zero attached hydrogens (tertiary/aromatic N) is 5. The lowest BCUT2D eigenvalue weighted by Gasteiger charge is -2.41. The number of amides is 1. The van der Waals surface area contributed by atoms with Crippen molar-refractivity contribution in [2.75, 3.05) is 30.0 Å². The maximum absolute atomic E-state index is 13.2. The molecule has 0 aliphatic carbocycles. The molecule has 10 heteroatoms. The van der Waals surface area contributed by atoms with E-state index in [4.69, 9.17) is 16.9 Å². The summed E-state index contributed by atoms with van der Waals surface area (Å²) in [6.45, 7) is 3.50. The Kier molecular flexibility index (Phi) is 7.79. The Morgan fingerprint density at radius 1 is 1.17 bits per heavy atom. The first kappa shape index (κ1) is 25.9. The van der Waals surface area contributed by atoms with Crippen LogP contribution in [0.5, 0.6) is 0 Å². The summed E-state index contributed by atoms with van der Waals surface area (Å²) in [4.78, 5) is 21.4. The number of sulfone groups is 1. The Balaban J connectivity index is 1.58. The number of carbonyl (C=O) groups excluding carboxylic acids is 1. The molecule has 1 saturated heterocycles. The van der Waals surface area contributed by atoms with Gasteiger partial charge in [0.1, 0.15) is 9.84 Å². The van der Waals surface area contributed by atoms with E-state index in [2.05, 4.69) is 11.1 Å². The first-order valence-corrected chi connectivity index (χ1v) is 14.0. The number of imidazole rings is 1. The van der Waals surface area contributed by atoms with Gasteiger partial charge in [-0.3, -0.25) is 9.69 Å². The Labute approximate surface area is 216 Å². The van der Waals surface area contributed by atoms with Crippen molar-refractivity contribution < 1.29 is 13.2 Å². The highest BCUT2D eigenvalue weighted by atomic mass is 35.5. The number of halogens is 1. The molecule has 0 saturated carbocycles. The van der Waals surface area contributed by atoms with Gasteiger partial charge in [-0.1, -0.05) is 29.8 Å². The van der Waals surface area contributed by atoms with Crippen LogP contribution in [-0.4, -0.2) is 59.9 Å². The summed E-state index contributed by atoms with van der Waals surface area (Å²) in [6, 6.07) is 16.5. The van der Waals surface area contributed by atoms with E-state index < -0.39 is 9.84 Å². The van der Waals surface area contributed by atoms with E-state index in [0.29, 0.717) is 42.3 Å². The van der Waals surface area contributed by atoms with Gasteiger partial charge in [0.05, 0.1) is 41.6 Å². The predicted octanol–water partition coefficient (Wildman–Crippen LogP) is 3.42. The van der Waals surface area contributed by atoms with Gasteiger partial charge >= 0.3 is 0 Å². The molecule has 0 N–H and O–H groups in total. The normalized spacial score (nSPS) is 16.8. The quantitative estimate of drug-likeness (QED) is 0.447. The summed E-state index contributed by atoms with van der Waals surface area (Å²) >= 11 is 6.16. The minimum atomic E-state index is -3.17. The molecule has 0 spiro atoms. The van der Waals surface area contributed by atoms with Crippen molar-refractivity contribution in [3.63, 3.8) is 0 Å². The number of nitriles is 1. The molecule has 1 aromatic heterocycles. The van der Waals surface area contributed by atoms with Gasteiger partial charge in [-0.2, -0.15) is 5.26 Å². The lowest BCUT2D eigenvalue weighted by molar-refractivity contribution is -0.122. The van der Waals surface area contributed by atoms with Crippen LogP contribution >= 0.6 is 11.6 Å². The fraction of sp³-hybridized carbons (Fsp3) is 0.346. The lowest BCUT2D eigenvalue weighted by Crippen LogP contribution is -2.56. The Morgan fingerprint density at radius 3 is 2.58 bits per heavy atom. The van der Waals surface area contributed by atoms with Crippen LogP contribution in [0.4, 0.5) is 5.69 Å². The van der Waals surface area contributed by atoms with E-state index in [1.54, 1.807) is 41.6 Å². The van der Waals surface area contributed by atoms with Crippen molar-refractivity contribution >= 4 is 33.0 Å². The van der Waals surface area contributed by atoms with Crippen LogP contribution in [0.1, 0.15) is 28.9 Å². The van der Waals surface area contributed by atoms with Crippen molar-refractivity contribution in [2.24, 2.45) is 0 Å². The molecule has 2 aromatic carbocycles. The molecule has 1 aliphatic heterocycles. The predicted molar refractivity (Wildman–Crippen MR) is 140 cm³/mol. The zero-order chi connectivity index (χ0) is 25.9. The minimum Gasteiger partial charge on any atom is -0.329 e. The van der Waals surface area contributed by atoms with Crippen LogP contribution in [0.25, 0.3) is 0 Å². The Bertz CT molecular complexity index is 1400. The second-order valence-corrected chi connectivity index (χ2v) is 11.9. The number of aryl methyl sites for hydroxylation is 1. The first-order valence-electron chi connectivity index (χ1n) is 11.6. The largest absolute Gasteiger partial charge is 0.329 e. The smallest absolute Gasteiger partial charge is 0.241 e. The molecule has 8 nitrogen and oxygen atoms in total. The van der Waals surface area contributed by atoms with Crippen molar-refractivity contribution in [1.82, 2.24) is 14.5 Å². The molecule has 0 bridgehead atoms. The number of piperazine rings is 1. The van der Waals surface area contributed by atoms with Crippen molar-refractivity contribution in [1.29, 1.82) is 5.26 Å². The van der Waals surface area contributed by atoms with E-state index in [1.165, 1.54) is 6.26 Å². The molecule has 1 atom stereocenters. The van der Waals surface area contributed by atoms with Gasteiger partial charge in [0, 0.05) is 42.6 Å². The molecule has 0 radical (unpaired) electrons. The molecule has 36 heavy (non-hydrogen) atoms. The van der Waals surface area contributed by atoms with E-state index >= 15 is 0 Å². The summed E-state index contributed by atoms with van der Waals surface area (Å²) in [5.74, 6) is -0.0291. The maximum Gasteiger partial charge on any atom is 0.241 e. The third-order valence-electron chi connectivity index (χ3n) is 6.43. The van der Waals surface area contributed by atoms with Crippen LogP contribution in [0, 0.1) is 18.3 Å². The van der Waals surface area contributed by atoms with E-state index in [0.717, 1.165) is 17.0 Å². The summed E-state index contributed by atoms with van der Waals surface area (Å²) in [7, 11) is -3.17. The average Bonchev–Trinajstić information content (AvgIpc) is 3.17. The first-order chi connectivity index (χ1) is 17.1. The number of hydrogen-bond acceptors (Lipinski definition) is 6. The summed E-state index contributed by atoms with van der Waals surface area (Å²) < 4.78 is 26.0. The monoisotopic (exact) mass is 525 g/mol. The third-order valence-corrected chi connectivity index (χ3v) is 7.65. The number of aromatic nitrogens is 2. The second-order valence-electron chi connectivity index (χ2n) is 9.17. The van der Waals surface area contributed by atoms with Crippen LogP contribution in [0.3, 0.4) is 0 Å². The molecule has 1 unspecified atom stereocenters. The number of rotatable bonds is 8. The van der Waals surface area contributed by atoms with Gasteiger partial charge in [0.25, 0.3) is 0 Å². The van der Waals surface area contributed by atoms with Crippen molar-refractivity contribution in [2.45, 2.75) is 32.5 Å². The molecule has 2 heterocycles. The van der Waals surface area contributed by atoms with Gasteiger partial charge in [-0.25, -0.2) is 13.4 Å². The van der Waals surface area contributed by atoms with Gasteiger partial charge in [-0.05, 0) is 49.2 Å². The zero-order valence-corrected chi connectivity index (χ0v) is 21.8. The van der Waals surface area contributed by atoms with Gasteiger partial charge in [0.2, 0.25) is 5.91 Å². The fourth-order valence-electron chi connectivity index (χ4n) is 4.44. The highest BCUT2D eigenvalue weighted by molar-refractivity contribution is 7.90. The van der Waals surface area contributed by atoms with Gasteiger partial charge in [-0.15, -0.1) is 0 Å². The van der Waals surface area contributed by atoms with E-state index in [1.807, 2.05) is 34.6 Å². The SMILES string of the molecule is Cc1ncn(Cc2ccc(C#N)cc2)c1CN1CC(=O)N(c2cccc(Cl)c2)CC1CCS(C)(=O)=O. The minimum absolute atomic E-state index is 0.0369. The number of carbonyl (C=O) groups is 1. The number of benzene rings is 2. The Hall–Kier alpha value is -3.19. The van der Waals surface area contributed by atoms with Crippen LogP contribution in [0.2, 0.25) is 5.02 Å². The van der Waals surface area contributed by atoms with E-state index in [-0.39, 0.29) is 24.2 Å². The molecule has 4 rings (SSSR count). The van der Waals surface area contributed by atoms with E-state index in [9.17, 15) is 13.2 Å². The molecule has 188 valence electrons. The summed E-state index contributed by atoms with van der Waals surface area (Å²) in [5, 5.41) is 9.59. The molecule has 1 fully saturated rings. The van der Waals surface area contributed by atoms with Crippen molar-refractivity contribution in [3.05, 3.63) is 82.4 Å². The maximum atomic E-state index is 13.2. The van der Waals surface area contributed by atoms with Gasteiger partial charge < -0.3 is 9.47 Å². The van der Waals surface area contributed by atoms with Crippen LogP contribution < -0.4 is 4.90 Å². The highest BCUT2D eigenvalue weighted by Crippen LogP contribution is 2.26. The Morgan fingerprint density at radius 2 is 1.92 bits per heavy atom. The van der Waals surface area contributed by atoms with Crippen molar-refractivity contribution in [3.8, 4) is 6.07 Å². The standard InChI is InChI=1S/C26H28ClN5O3S/c1-19-25(31(18-29-19)14-21-8-6-20(13-28)7-9-21)16-30-17-26(33)32(23-5-3-4-22(27)12-23)15-24(30)10-11-36(2,34)35/h3-9,12,18,24H,10-11,14-17H2,1-2H3. The molecular formula is C26H28ClN5O3S. The number of hydrogen-bond donors (Lipinski definition) is 0. The topological polar surface area (TPSA) is 99.3 Å². The van der Waals surface area contributed by atoms with Crippen LogP contribution in [0.15, 0.2) is 54.9 Å². The second kappa shape index (κ2) is 10.8. The molecular weight excluding hydrogens is 498 g/mol. The highest BCUT2D eigenvalue weighted by Gasteiger charge is 2.34. The lowest BCUT2D eigenvalue weighted by atomic mass is 10.1. The molecule has 3 aromatic rings. The zero-order valence-electron chi connectivity index (χ0n) is 20.3. The molecule has 1 amide bonds. The van der Waals surface area contributed by atoms with Gasteiger partial charge in [0.15, 0.2) is 0 Å². The summed E-state index contributed by atoms with van der Waals surface area (Å²) in [6.07, 6.45) is 3.42. The van der Waals surface area contributed by atoms with Crippen LogP contribution in [-0.2, 0) is 27.7 Å². The fourth-order valence-corrected chi connectivity index (χ4v) is 5.33. The summed E-state index contributed by atoms with van der Waals surface area (Å²) in [5.41, 5.74) is 4.16. The molecule has 1 aliphatic rings. The average molecular weight is 526 g/mol. The number of anilines is 1. The third kappa shape index (κ3) is 6.32.